The van der Waals surface area contributed by atoms with Gasteiger partial charge in [-0.25, -0.2) is 4.39 Å². The number of rotatable bonds is 6. The molecule has 0 unspecified atom stereocenters. The molecule has 0 spiro atoms. The van der Waals surface area contributed by atoms with Crippen molar-refractivity contribution in [2.45, 2.75) is 6.54 Å². The molecular formula is C16H18FNO3. The normalized spacial score (nSPS) is 10.1. The van der Waals surface area contributed by atoms with E-state index >= 15 is 0 Å². The Morgan fingerprint density at radius 3 is 2.14 bits per heavy atom. The van der Waals surface area contributed by atoms with Crippen LogP contribution >= 0.6 is 0 Å². The number of benzene rings is 2. The first kappa shape index (κ1) is 15.0. The van der Waals surface area contributed by atoms with Gasteiger partial charge in [0, 0.05) is 18.7 Å². The van der Waals surface area contributed by atoms with Crippen molar-refractivity contribution >= 4 is 5.69 Å². The highest BCUT2D eigenvalue weighted by atomic mass is 19.1. The molecule has 21 heavy (non-hydrogen) atoms. The van der Waals surface area contributed by atoms with Gasteiger partial charge >= 0.3 is 0 Å². The summed E-state index contributed by atoms with van der Waals surface area (Å²) in [5.41, 5.74) is 1.71. The van der Waals surface area contributed by atoms with E-state index in [1.54, 1.807) is 20.3 Å². The Labute approximate surface area is 123 Å². The fourth-order valence-corrected chi connectivity index (χ4v) is 1.98. The van der Waals surface area contributed by atoms with E-state index < -0.39 is 0 Å². The maximum atomic E-state index is 13.2. The topological polar surface area (TPSA) is 39.7 Å². The second-order valence-electron chi connectivity index (χ2n) is 4.42. The fraction of sp³-hybridized carbons (Fsp3) is 0.250. The number of hydrogen-bond acceptors (Lipinski definition) is 4. The SMILES string of the molecule is COc1cc(CNc2ccc(F)cc2OC)cc(OC)c1. The Morgan fingerprint density at radius 2 is 1.57 bits per heavy atom. The third kappa shape index (κ3) is 3.78. The molecule has 0 aromatic heterocycles. The van der Waals surface area contributed by atoms with Gasteiger partial charge in [0.1, 0.15) is 23.1 Å². The molecule has 2 rings (SSSR count). The van der Waals surface area contributed by atoms with Gasteiger partial charge in [0.25, 0.3) is 0 Å². The lowest BCUT2D eigenvalue weighted by Gasteiger charge is -2.13. The minimum Gasteiger partial charge on any atom is -0.497 e. The number of nitrogens with one attached hydrogen (secondary N) is 1. The molecule has 1 N–H and O–H groups in total. The first-order valence-corrected chi connectivity index (χ1v) is 6.45. The van der Waals surface area contributed by atoms with Crippen LogP contribution in [0.15, 0.2) is 36.4 Å². The summed E-state index contributed by atoms with van der Waals surface area (Å²) in [6.45, 7) is 0.537. The Hall–Kier alpha value is -2.43. The van der Waals surface area contributed by atoms with Gasteiger partial charge in [-0.1, -0.05) is 0 Å². The summed E-state index contributed by atoms with van der Waals surface area (Å²) in [6, 6.07) is 10.00. The van der Waals surface area contributed by atoms with Gasteiger partial charge in [-0.2, -0.15) is 0 Å². The summed E-state index contributed by atoms with van der Waals surface area (Å²) in [7, 11) is 4.72. The van der Waals surface area contributed by atoms with E-state index in [9.17, 15) is 4.39 Å². The molecule has 5 heteroatoms. The first-order chi connectivity index (χ1) is 10.2. The molecule has 0 radical (unpaired) electrons. The van der Waals surface area contributed by atoms with Crippen molar-refractivity contribution in [3.05, 3.63) is 47.8 Å². The molecule has 0 aliphatic rings. The molecule has 0 fully saturated rings. The van der Waals surface area contributed by atoms with Crippen LogP contribution < -0.4 is 19.5 Å². The molecule has 2 aromatic carbocycles. The van der Waals surface area contributed by atoms with E-state index in [4.69, 9.17) is 14.2 Å². The molecule has 0 atom stereocenters. The smallest absolute Gasteiger partial charge is 0.144 e. The van der Waals surface area contributed by atoms with Crippen LogP contribution in [0, 0.1) is 5.82 Å². The van der Waals surface area contributed by atoms with Crippen LogP contribution in [0.5, 0.6) is 17.2 Å². The highest BCUT2D eigenvalue weighted by Crippen LogP contribution is 2.27. The molecule has 0 saturated carbocycles. The largest absolute Gasteiger partial charge is 0.497 e. The van der Waals surface area contributed by atoms with Gasteiger partial charge in [-0.05, 0) is 29.8 Å². The van der Waals surface area contributed by atoms with Gasteiger partial charge in [0.2, 0.25) is 0 Å². The van der Waals surface area contributed by atoms with Crippen molar-refractivity contribution in [2.24, 2.45) is 0 Å². The minimum absolute atomic E-state index is 0.333. The average Bonchev–Trinajstić information content (AvgIpc) is 2.53. The number of methoxy groups -OCH3 is 3. The van der Waals surface area contributed by atoms with Crippen LogP contribution in [0.25, 0.3) is 0 Å². The van der Waals surface area contributed by atoms with E-state index in [2.05, 4.69) is 5.32 Å². The van der Waals surface area contributed by atoms with Crippen LogP contribution in [0.4, 0.5) is 10.1 Å². The summed E-state index contributed by atoms with van der Waals surface area (Å²) in [5, 5.41) is 3.21. The Morgan fingerprint density at radius 1 is 0.905 bits per heavy atom. The van der Waals surface area contributed by atoms with Crippen molar-refractivity contribution in [3.8, 4) is 17.2 Å². The predicted octanol–water partition coefficient (Wildman–Crippen LogP) is 3.46. The van der Waals surface area contributed by atoms with Crippen LogP contribution in [0.3, 0.4) is 0 Å². The first-order valence-electron chi connectivity index (χ1n) is 6.45. The summed E-state index contributed by atoms with van der Waals surface area (Å²) in [5.74, 6) is 1.57. The Bertz CT molecular complexity index is 594. The molecule has 4 nitrogen and oxygen atoms in total. The maximum absolute atomic E-state index is 13.2. The number of hydrogen-bond donors (Lipinski definition) is 1. The van der Waals surface area contributed by atoms with Crippen molar-refractivity contribution in [1.82, 2.24) is 0 Å². The van der Waals surface area contributed by atoms with Gasteiger partial charge in [-0.3, -0.25) is 0 Å². The third-order valence-electron chi connectivity index (χ3n) is 3.06. The van der Waals surface area contributed by atoms with Gasteiger partial charge in [-0.15, -0.1) is 0 Å². The zero-order chi connectivity index (χ0) is 15.2. The lowest BCUT2D eigenvalue weighted by atomic mass is 10.2. The van der Waals surface area contributed by atoms with E-state index in [0.29, 0.717) is 12.3 Å². The molecular weight excluding hydrogens is 273 g/mol. The second-order valence-corrected chi connectivity index (χ2v) is 4.42. The highest BCUT2D eigenvalue weighted by Gasteiger charge is 2.06. The van der Waals surface area contributed by atoms with Crippen LogP contribution in [0.1, 0.15) is 5.56 Å². The Balaban J connectivity index is 2.16. The van der Waals surface area contributed by atoms with Crippen molar-refractivity contribution in [3.63, 3.8) is 0 Å². The number of ether oxygens (including phenoxy) is 3. The van der Waals surface area contributed by atoms with Crippen LogP contribution in [0.2, 0.25) is 0 Å². The van der Waals surface area contributed by atoms with Gasteiger partial charge < -0.3 is 19.5 Å². The van der Waals surface area contributed by atoms with E-state index in [1.165, 1.54) is 19.2 Å². The van der Waals surface area contributed by atoms with E-state index in [1.807, 2.05) is 18.2 Å². The lowest BCUT2D eigenvalue weighted by Crippen LogP contribution is -2.02. The molecule has 0 heterocycles. The zero-order valence-corrected chi connectivity index (χ0v) is 12.3. The average molecular weight is 291 g/mol. The summed E-state index contributed by atoms with van der Waals surface area (Å²) < 4.78 is 28.8. The van der Waals surface area contributed by atoms with E-state index in [0.717, 1.165) is 22.7 Å². The third-order valence-corrected chi connectivity index (χ3v) is 3.06. The fourth-order valence-electron chi connectivity index (χ4n) is 1.98. The standard InChI is InChI=1S/C16H18FNO3/c1-19-13-6-11(7-14(9-13)20-2)10-18-15-5-4-12(17)8-16(15)21-3/h4-9,18H,10H2,1-3H3. The molecule has 112 valence electrons. The van der Waals surface area contributed by atoms with Gasteiger partial charge in [0.15, 0.2) is 0 Å². The molecule has 0 saturated heterocycles. The van der Waals surface area contributed by atoms with Crippen LogP contribution in [-0.4, -0.2) is 21.3 Å². The summed E-state index contributed by atoms with van der Waals surface area (Å²) in [6.07, 6.45) is 0. The predicted molar refractivity (Wildman–Crippen MR) is 79.8 cm³/mol. The molecule has 0 bridgehead atoms. The number of anilines is 1. The molecule has 0 aliphatic heterocycles. The molecule has 2 aromatic rings. The quantitative estimate of drug-likeness (QED) is 0.884. The van der Waals surface area contributed by atoms with Crippen LogP contribution in [-0.2, 0) is 6.54 Å². The summed E-state index contributed by atoms with van der Waals surface area (Å²) in [4.78, 5) is 0. The van der Waals surface area contributed by atoms with E-state index in [-0.39, 0.29) is 5.82 Å². The Kier molecular flexibility index (Phi) is 4.87. The van der Waals surface area contributed by atoms with Crippen molar-refractivity contribution < 1.29 is 18.6 Å². The van der Waals surface area contributed by atoms with Crippen molar-refractivity contribution in [1.29, 1.82) is 0 Å². The summed E-state index contributed by atoms with van der Waals surface area (Å²) >= 11 is 0. The number of halogens is 1. The molecule has 0 aliphatic carbocycles. The maximum Gasteiger partial charge on any atom is 0.144 e. The molecule has 0 amide bonds. The second kappa shape index (κ2) is 6.83. The highest BCUT2D eigenvalue weighted by molar-refractivity contribution is 5.57. The lowest BCUT2D eigenvalue weighted by molar-refractivity contribution is 0.393. The van der Waals surface area contributed by atoms with Gasteiger partial charge in [0.05, 0.1) is 27.0 Å². The van der Waals surface area contributed by atoms with Crippen molar-refractivity contribution in [2.75, 3.05) is 26.6 Å². The zero-order valence-electron chi connectivity index (χ0n) is 12.3. The monoisotopic (exact) mass is 291 g/mol. The minimum atomic E-state index is -0.333.